The molecule has 0 atom stereocenters. The van der Waals surface area contributed by atoms with Crippen molar-refractivity contribution in [3.05, 3.63) is 181 Å². The molecule has 1 spiro atoms. The Morgan fingerprint density at radius 3 is 1.74 bits per heavy atom. The number of sulfone groups is 1. The van der Waals surface area contributed by atoms with Gasteiger partial charge in [0.2, 0.25) is 9.84 Å². The van der Waals surface area contributed by atoms with E-state index in [2.05, 4.69) is 169 Å². The van der Waals surface area contributed by atoms with Gasteiger partial charge in [-0.05, 0) is 133 Å². The van der Waals surface area contributed by atoms with Gasteiger partial charge in [0, 0.05) is 38.8 Å². The van der Waals surface area contributed by atoms with Crippen molar-refractivity contribution in [1.29, 1.82) is 0 Å². The van der Waals surface area contributed by atoms with E-state index in [0.29, 0.717) is 33.5 Å². The quantitative estimate of drug-likeness (QED) is 0.175. The van der Waals surface area contributed by atoms with Gasteiger partial charge in [-0.25, -0.2) is 8.42 Å². The van der Waals surface area contributed by atoms with Crippen LogP contribution in [0.1, 0.15) is 50.7 Å². The zero-order chi connectivity index (χ0) is 39.2. The average molecular weight is 775 g/mol. The van der Waals surface area contributed by atoms with E-state index < -0.39 is 9.84 Å². The summed E-state index contributed by atoms with van der Waals surface area (Å²) < 4.78 is 31.9. The highest BCUT2D eigenvalue weighted by molar-refractivity contribution is 7.91. The van der Waals surface area contributed by atoms with E-state index in [4.69, 9.17) is 0 Å². The minimum Gasteiger partial charge on any atom is -0.310 e. The molecule has 58 heavy (non-hydrogen) atoms. The van der Waals surface area contributed by atoms with Gasteiger partial charge in [-0.3, -0.25) is 0 Å². The summed E-state index contributed by atoms with van der Waals surface area (Å²) in [5, 5.41) is 2.47. The van der Waals surface area contributed by atoms with E-state index in [1.54, 1.807) is 0 Å². The number of hydrogen-bond donors (Lipinski definition) is 0. The molecule has 0 saturated heterocycles. The fraction of sp³-hybridized carbons (Fsp3) is 0.208. The molecule has 2 heterocycles. The summed E-state index contributed by atoms with van der Waals surface area (Å²) in [5.41, 5.74) is 10.3. The summed E-state index contributed by atoms with van der Waals surface area (Å²) in [6, 6.07) is 59.5. The Bertz CT molecular complexity index is 2900. The van der Waals surface area contributed by atoms with Crippen LogP contribution in [0.3, 0.4) is 0 Å². The highest BCUT2D eigenvalue weighted by Gasteiger charge is 2.59. The SMILES string of the molecule is CC1CC2CC(C)CC(C1)C21c2ccccc2S(=O)(=O)c2ccc(N(c3ccc(-n4c5ccccc5c5ccccc54)cc3)c3ccccc3-c3ccccc3)cc21. The van der Waals surface area contributed by atoms with Crippen molar-refractivity contribution in [2.75, 3.05) is 4.90 Å². The van der Waals surface area contributed by atoms with Crippen molar-refractivity contribution < 1.29 is 8.42 Å². The number of aromatic nitrogens is 1. The third-order valence-electron chi connectivity index (χ3n) is 13.8. The molecular weight excluding hydrogens is 729 g/mol. The Labute approximate surface area is 341 Å². The Morgan fingerprint density at radius 2 is 1.07 bits per heavy atom. The van der Waals surface area contributed by atoms with E-state index >= 15 is 0 Å². The lowest BCUT2D eigenvalue weighted by Crippen LogP contribution is -2.54. The zero-order valence-electron chi connectivity index (χ0n) is 32.9. The number of benzene rings is 7. The molecule has 0 N–H and O–H groups in total. The van der Waals surface area contributed by atoms with E-state index in [-0.39, 0.29) is 5.41 Å². The largest absolute Gasteiger partial charge is 0.310 e. The molecule has 2 fully saturated rings. The van der Waals surface area contributed by atoms with Gasteiger partial charge >= 0.3 is 0 Å². The highest BCUT2D eigenvalue weighted by Crippen LogP contribution is 2.64. The van der Waals surface area contributed by atoms with Crippen molar-refractivity contribution >= 4 is 48.7 Å². The van der Waals surface area contributed by atoms with Gasteiger partial charge in [-0.15, -0.1) is 0 Å². The summed E-state index contributed by atoms with van der Waals surface area (Å²) >= 11 is 0. The Hall–Kier alpha value is -5.91. The number of rotatable bonds is 5. The van der Waals surface area contributed by atoms with Crippen LogP contribution in [0.15, 0.2) is 180 Å². The van der Waals surface area contributed by atoms with E-state index in [1.807, 2.05) is 24.3 Å². The summed E-state index contributed by atoms with van der Waals surface area (Å²) in [6.07, 6.45) is 4.40. The minimum absolute atomic E-state index is 0.353. The fourth-order valence-electron chi connectivity index (χ4n) is 11.7. The van der Waals surface area contributed by atoms with E-state index in [1.165, 1.54) is 21.8 Å². The number of nitrogens with zero attached hydrogens (tertiary/aromatic N) is 2. The van der Waals surface area contributed by atoms with Gasteiger partial charge < -0.3 is 9.47 Å². The number of para-hydroxylation sites is 3. The molecule has 286 valence electrons. The number of anilines is 3. The molecule has 0 radical (unpaired) electrons. The predicted octanol–water partition coefficient (Wildman–Crippen LogP) is 13.4. The van der Waals surface area contributed by atoms with Crippen molar-refractivity contribution in [2.45, 2.75) is 54.7 Å². The maximum absolute atomic E-state index is 14.8. The third kappa shape index (κ3) is 5.15. The van der Waals surface area contributed by atoms with Crippen molar-refractivity contribution in [2.24, 2.45) is 23.7 Å². The van der Waals surface area contributed by atoms with Crippen LogP contribution in [0.25, 0.3) is 38.6 Å². The zero-order valence-corrected chi connectivity index (χ0v) is 33.7. The van der Waals surface area contributed by atoms with Crippen molar-refractivity contribution in [3.63, 3.8) is 0 Å². The van der Waals surface area contributed by atoms with Gasteiger partial charge in [0.05, 0.1) is 26.5 Å². The first kappa shape index (κ1) is 35.3. The lowest BCUT2D eigenvalue weighted by molar-refractivity contribution is 0.0231. The molecule has 3 aliphatic rings. The molecule has 2 aliphatic carbocycles. The molecule has 5 heteroatoms. The molecule has 1 aromatic heterocycles. The normalized spacial score (nSPS) is 23.1. The topological polar surface area (TPSA) is 42.3 Å². The summed E-state index contributed by atoms with van der Waals surface area (Å²) in [7, 11) is -3.75. The summed E-state index contributed by atoms with van der Waals surface area (Å²) in [5.74, 6) is 1.91. The van der Waals surface area contributed by atoms with Gasteiger partial charge in [-0.1, -0.05) is 117 Å². The van der Waals surface area contributed by atoms with Gasteiger partial charge in [-0.2, -0.15) is 0 Å². The van der Waals surface area contributed by atoms with Gasteiger partial charge in [0.25, 0.3) is 0 Å². The maximum Gasteiger partial charge on any atom is 0.207 e. The van der Waals surface area contributed by atoms with E-state index in [0.717, 1.165) is 70.7 Å². The molecule has 1 aliphatic heterocycles. The van der Waals surface area contributed by atoms with Crippen LogP contribution < -0.4 is 4.90 Å². The monoisotopic (exact) mass is 774 g/mol. The van der Waals surface area contributed by atoms with Crippen molar-refractivity contribution in [1.82, 2.24) is 4.57 Å². The summed E-state index contributed by atoms with van der Waals surface area (Å²) in [6.45, 7) is 4.80. The molecule has 8 aromatic rings. The number of fused-ring (bicyclic) bond motifs is 5. The first-order chi connectivity index (χ1) is 28.3. The third-order valence-corrected chi connectivity index (χ3v) is 15.7. The second-order valence-electron chi connectivity index (χ2n) is 17.2. The van der Waals surface area contributed by atoms with Crippen LogP contribution >= 0.6 is 0 Å². The maximum atomic E-state index is 14.8. The molecule has 11 rings (SSSR count). The lowest BCUT2D eigenvalue weighted by Gasteiger charge is -2.59. The second-order valence-corrected chi connectivity index (χ2v) is 19.1. The highest BCUT2D eigenvalue weighted by atomic mass is 32.2. The molecule has 0 unspecified atom stereocenters. The van der Waals surface area contributed by atoms with Crippen molar-refractivity contribution in [3.8, 4) is 16.8 Å². The van der Waals surface area contributed by atoms with Gasteiger partial charge in [0.15, 0.2) is 0 Å². The second kappa shape index (κ2) is 13.3. The van der Waals surface area contributed by atoms with E-state index in [9.17, 15) is 8.42 Å². The van der Waals surface area contributed by atoms with Crippen LogP contribution in [0.5, 0.6) is 0 Å². The minimum atomic E-state index is -3.75. The van der Waals surface area contributed by atoms with Crippen LogP contribution in [0, 0.1) is 23.7 Å². The molecule has 7 aromatic carbocycles. The average Bonchev–Trinajstić information content (AvgIpc) is 3.58. The summed E-state index contributed by atoms with van der Waals surface area (Å²) in [4.78, 5) is 3.33. The smallest absolute Gasteiger partial charge is 0.207 e. The molecule has 0 amide bonds. The lowest BCUT2D eigenvalue weighted by atomic mass is 9.46. The Morgan fingerprint density at radius 1 is 0.534 bits per heavy atom. The first-order valence-corrected chi connectivity index (χ1v) is 22.3. The van der Waals surface area contributed by atoms with Crippen LogP contribution in [0.4, 0.5) is 17.1 Å². The standard InChI is InChI=1S/C53H46N2O2S/c1-35-30-38-32-36(2)33-39(31-35)53(38)46-19-9-13-23-51(46)58(56,57)52-29-28-42(34-47(52)53)54(48-20-10-6-16-43(48)37-14-4-3-5-15-37)40-24-26-41(27-25-40)55-49-21-11-7-17-44(49)45-18-8-12-22-50(45)55/h3-29,34-36,38-39H,30-33H2,1-2H3. The fourth-order valence-corrected chi connectivity index (χ4v) is 13.5. The molecule has 2 bridgehead atoms. The van der Waals surface area contributed by atoms with Crippen LogP contribution in [0.2, 0.25) is 0 Å². The molecule has 4 nitrogen and oxygen atoms in total. The predicted molar refractivity (Wildman–Crippen MR) is 237 cm³/mol. The van der Waals surface area contributed by atoms with Crippen LogP contribution in [-0.2, 0) is 15.3 Å². The Balaban J connectivity index is 1.15. The van der Waals surface area contributed by atoms with Gasteiger partial charge in [0.1, 0.15) is 0 Å². The first-order valence-electron chi connectivity index (χ1n) is 20.9. The number of hydrogen-bond acceptors (Lipinski definition) is 3. The molecular formula is C53H46N2O2S. The Kier molecular flexibility index (Phi) is 8.10. The molecule has 2 saturated carbocycles. The van der Waals surface area contributed by atoms with Crippen LogP contribution in [-0.4, -0.2) is 13.0 Å².